The molecule has 6 nitrogen and oxygen atoms in total. The zero-order valence-electron chi connectivity index (χ0n) is 18.5. The Morgan fingerprint density at radius 1 is 1.12 bits per heavy atom. The minimum Gasteiger partial charge on any atom is -0.460 e. The van der Waals surface area contributed by atoms with E-state index in [1.807, 2.05) is 0 Å². The van der Waals surface area contributed by atoms with E-state index in [-0.39, 0.29) is 6.10 Å². The second-order valence-electron chi connectivity index (χ2n) is 9.40. The zero-order chi connectivity index (χ0) is 21.5. The topological polar surface area (TPSA) is 59.5 Å². The summed E-state index contributed by atoms with van der Waals surface area (Å²) in [7, 11) is 1.80. The maximum atomic E-state index is 6.42. The van der Waals surface area contributed by atoms with E-state index >= 15 is 0 Å². The lowest BCUT2D eigenvalue weighted by atomic mass is 9.97. The van der Waals surface area contributed by atoms with E-state index in [2.05, 4.69) is 45.9 Å². The van der Waals surface area contributed by atoms with Crippen LogP contribution in [0.1, 0.15) is 25.7 Å². The van der Waals surface area contributed by atoms with E-state index in [0.717, 1.165) is 61.5 Å². The maximum absolute atomic E-state index is 6.42. The second kappa shape index (κ2) is 8.61. The quantitative estimate of drug-likeness (QED) is 0.603. The van der Waals surface area contributed by atoms with E-state index < -0.39 is 0 Å². The Morgan fingerprint density at radius 2 is 1.97 bits per heavy atom. The van der Waals surface area contributed by atoms with E-state index in [4.69, 9.17) is 19.4 Å². The van der Waals surface area contributed by atoms with Crippen molar-refractivity contribution in [3.05, 3.63) is 35.7 Å². The molecule has 1 aliphatic carbocycles. The number of nitrogens with zero attached hydrogens (tertiary/aromatic N) is 3. The molecular formula is C25H30N4O2S. The Bertz CT molecular complexity index is 1080. The molecule has 1 saturated carbocycles. The first-order chi connectivity index (χ1) is 15.8. The molecule has 6 rings (SSSR count). The number of fused-ring (bicyclic) bond motifs is 3. The van der Waals surface area contributed by atoms with Gasteiger partial charge in [0.15, 0.2) is 0 Å². The number of nitrogens with one attached hydrogen (secondary N) is 1. The van der Waals surface area contributed by atoms with E-state index in [1.54, 1.807) is 18.4 Å². The van der Waals surface area contributed by atoms with Gasteiger partial charge in [-0.05, 0) is 30.7 Å². The van der Waals surface area contributed by atoms with Crippen molar-refractivity contribution in [3.8, 4) is 17.1 Å². The first-order valence-corrected chi connectivity index (χ1v) is 12.6. The van der Waals surface area contributed by atoms with Crippen molar-refractivity contribution in [1.82, 2.24) is 15.3 Å². The summed E-state index contributed by atoms with van der Waals surface area (Å²) >= 11 is 1.69. The number of aromatic nitrogens is 2. The van der Waals surface area contributed by atoms with E-state index in [1.165, 1.54) is 17.5 Å². The van der Waals surface area contributed by atoms with Crippen molar-refractivity contribution in [3.63, 3.8) is 0 Å². The molecule has 168 valence electrons. The van der Waals surface area contributed by atoms with Gasteiger partial charge in [0.25, 0.3) is 0 Å². The Balaban J connectivity index is 1.37. The van der Waals surface area contributed by atoms with Gasteiger partial charge in [-0.2, -0.15) is 9.97 Å². The van der Waals surface area contributed by atoms with Crippen molar-refractivity contribution < 1.29 is 9.47 Å². The molecule has 32 heavy (non-hydrogen) atoms. The minimum atomic E-state index is 0.229. The Hall–Kier alpha value is -2.22. The van der Waals surface area contributed by atoms with Crippen molar-refractivity contribution >= 4 is 27.4 Å². The largest absolute Gasteiger partial charge is 0.460 e. The SMILES string of the molecule is COCC1CCN(c2nc(OC3CC4CC3CN4)nc3scc(-c4ccccc4)c23)CC1. The molecule has 0 radical (unpaired) electrons. The predicted molar refractivity (Wildman–Crippen MR) is 129 cm³/mol. The molecule has 4 heterocycles. The van der Waals surface area contributed by atoms with Crippen LogP contribution in [0.3, 0.4) is 0 Å². The van der Waals surface area contributed by atoms with E-state index in [0.29, 0.717) is 23.9 Å². The molecule has 0 spiro atoms. The first-order valence-electron chi connectivity index (χ1n) is 11.8. The average Bonchev–Trinajstić information content (AvgIpc) is 3.56. The van der Waals surface area contributed by atoms with Crippen LogP contribution in [0.15, 0.2) is 35.7 Å². The number of methoxy groups -OCH3 is 1. The highest BCUT2D eigenvalue weighted by Gasteiger charge is 2.41. The summed E-state index contributed by atoms with van der Waals surface area (Å²) in [6, 6.07) is 11.7. The highest BCUT2D eigenvalue weighted by molar-refractivity contribution is 7.17. The van der Waals surface area contributed by atoms with Gasteiger partial charge in [0, 0.05) is 62.7 Å². The first kappa shape index (κ1) is 20.4. The maximum Gasteiger partial charge on any atom is 0.320 e. The number of benzene rings is 1. The van der Waals surface area contributed by atoms with Crippen molar-refractivity contribution in [2.45, 2.75) is 37.8 Å². The minimum absolute atomic E-state index is 0.229. The van der Waals surface area contributed by atoms with Gasteiger partial charge < -0.3 is 19.7 Å². The molecule has 1 N–H and O–H groups in total. The van der Waals surface area contributed by atoms with Crippen LogP contribution in [0.4, 0.5) is 5.82 Å². The molecule has 3 aromatic rings. The Morgan fingerprint density at radius 3 is 2.69 bits per heavy atom. The zero-order valence-corrected chi connectivity index (χ0v) is 19.3. The molecule has 3 unspecified atom stereocenters. The molecular weight excluding hydrogens is 420 g/mol. The van der Waals surface area contributed by atoms with Crippen LogP contribution < -0.4 is 15.0 Å². The van der Waals surface area contributed by atoms with Crippen LogP contribution >= 0.6 is 11.3 Å². The van der Waals surface area contributed by atoms with Crippen molar-refractivity contribution in [2.24, 2.45) is 11.8 Å². The van der Waals surface area contributed by atoms with Crippen LogP contribution in [0.25, 0.3) is 21.3 Å². The van der Waals surface area contributed by atoms with Gasteiger partial charge in [0.05, 0.1) is 5.39 Å². The summed E-state index contributed by atoms with van der Waals surface area (Å²) < 4.78 is 11.8. The number of ether oxygens (including phenoxy) is 2. The molecule has 2 aliphatic heterocycles. The van der Waals surface area contributed by atoms with Crippen molar-refractivity contribution in [2.75, 3.05) is 38.3 Å². The average molecular weight is 451 g/mol. The third-order valence-electron chi connectivity index (χ3n) is 7.35. The number of rotatable bonds is 6. The molecule has 3 fully saturated rings. The Kier molecular flexibility index (Phi) is 5.49. The van der Waals surface area contributed by atoms with Gasteiger partial charge in [0.2, 0.25) is 0 Å². The summed E-state index contributed by atoms with van der Waals surface area (Å²) in [6.07, 6.45) is 4.75. The Labute approximate surface area is 193 Å². The lowest BCUT2D eigenvalue weighted by molar-refractivity contribution is 0.133. The highest BCUT2D eigenvalue weighted by Crippen LogP contribution is 2.41. The number of anilines is 1. The van der Waals surface area contributed by atoms with Gasteiger partial charge in [-0.25, -0.2) is 0 Å². The molecule has 3 aliphatic rings. The fourth-order valence-electron chi connectivity index (χ4n) is 5.63. The smallest absolute Gasteiger partial charge is 0.320 e. The van der Waals surface area contributed by atoms with E-state index in [9.17, 15) is 0 Å². The predicted octanol–water partition coefficient (Wildman–Crippen LogP) is 4.35. The van der Waals surface area contributed by atoms with Gasteiger partial charge in [-0.15, -0.1) is 11.3 Å². The van der Waals surface area contributed by atoms with Crippen LogP contribution in [0.5, 0.6) is 6.01 Å². The number of thiophene rings is 1. The van der Waals surface area contributed by atoms with Gasteiger partial charge >= 0.3 is 6.01 Å². The fourth-order valence-corrected chi connectivity index (χ4v) is 6.56. The third kappa shape index (κ3) is 3.76. The van der Waals surface area contributed by atoms with Gasteiger partial charge in [0.1, 0.15) is 16.8 Å². The summed E-state index contributed by atoms with van der Waals surface area (Å²) in [5, 5.41) is 6.95. The van der Waals surface area contributed by atoms with Gasteiger partial charge in [-0.3, -0.25) is 0 Å². The molecule has 2 saturated heterocycles. The lowest BCUT2D eigenvalue weighted by Gasteiger charge is -2.33. The normalized spacial score (nSPS) is 25.7. The second-order valence-corrected chi connectivity index (χ2v) is 10.3. The van der Waals surface area contributed by atoms with Gasteiger partial charge in [-0.1, -0.05) is 30.3 Å². The molecule has 7 heteroatoms. The van der Waals surface area contributed by atoms with Crippen molar-refractivity contribution in [1.29, 1.82) is 0 Å². The standard InChI is InChI=1S/C25H30N4O2S/c1-30-14-16-7-9-29(10-8-16)23-22-20(17-5-3-2-4-6-17)15-32-24(22)28-25(27-23)31-21-12-19-11-18(21)13-26-19/h2-6,15-16,18-19,21,26H,7-14H2,1H3. The van der Waals surface area contributed by atoms with Crippen LogP contribution in [0, 0.1) is 11.8 Å². The lowest BCUT2D eigenvalue weighted by Crippen LogP contribution is -2.37. The summed E-state index contributed by atoms with van der Waals surface area (Å²) in [4.78, 5) is 13.4. The van der Waals surface area contributed by atoms with Crippen LogP contribution in [0.2, 0.25) is 0 Å². The number of piperidine rings is 2. The summed E-state index contributed by atoms with van der Waals surface area (Å²) in [5.74, 6) is 2.24. The summed E-state index contributed by atoms with van der Waals surface area (Å²) in [6.45, 7) is 3.87. The third-order valence-corrected chi connectivity index (χ3v) is 8.22. The molecule has 3 atom stereocenters. The number of hydrogen-bond acceptors (Lipinski definition) is 7. The molecule has 2 bridgehead atoms. The molecule has 2 aromatic heterocycles. The summed E-state index contributed by atoms with van der Waals surface area (Å²) in [5.41, 5.74) is 2.43. The highest BCUT2D eigenvalue weighted by atomic mass is 32.1. The molecule has 1 aromatic carbocycles. The van der Waals surface area contributed by atoms with Crippen LogP contribution in [-0.2, 0) is 4.74 Å². The monoisotopic (exact) mass is 450 g/mol. The fraction of sp³-hybridized carbons (Fsp3) is 0.520. The number of hydrogen-bond donors (Lipinski definition) is 1. The van der Waals surface area contributed by atoms with Crippen LogP contribution in [-0.4, -0.2) is 55.5 Å². The molecule has 0 amide bonds.